The van der Waals surface area contributed by atoms with E-state index in [1.165, 1.54) is 6.33 Å². The first-order valence-electron chi connectivity index (χ1n) is 7.98. The lowest BCUT2D eigenvalue weighted by molar-refractivity contribution is 0.367. The molecule has 1 aromatic carbocycles. The lowest BCUT2D eigenvalue weighted by atomic mass is 10.1. The van der Waals surface area contributed by atoms with E-state index in [4.69, 9.17) is 16.7 Å². The lowest BCUT2D eigenvalue weighted by Crippen LogP contribution is -2.23. The summed E-state index contributed by atoms with van der Waals surface area (Å²) in [5.74, 6) is 0.596. The van der Waals surface area contributed by atoms with Crippen LogP contribution in [-0.2, 0) is 5.54 Å². The monoisotopic (exact) mass is 356 g/mol. The van der Waals surface area contributed by atoms with Crippen molar-refractivity contribution < 1.29 is 0 Å². The van der Waals surface area contributed by atoms with Crippen LogP contribution in [0.5, 0.6) is 0 Å². The van der Waals surface area contributed by atoms with Gasteiger partial charge in [-0.05, 0) is 32.9 Å². The zero-order chi connectivity index (χ0) is 18.2. The Kier molecular flexibility index (Phi) is 4.47. The van der Waals surface area contributed by atoms with Crippen LogP contribution in [0.15, 0.2) is 35.6 Å². The summed E-state index contributed by atoms with van der Waals surface area (Å²) < 4.78 is 1.92. The molecule has 0 bridgehead atoms. The Bertz CT molecular complexity index is 919. The normalized spacial score (nSPS) is 12.2. The second-order valence-electron chi connectivity index (χ2n) is 7.04. The summed E-state index contributed by atoms with van der Waals surface area (Å²) in [6, 6.07) is 7.60. The molecule has 0 aliphatic heterocycles. The first-order valence-corrected chi connectivity index (χ1v) is 8.36. The topological polar surface area (TPSA) is 59.2 Å². The van der Waals surface area contributed by atoms with Gasteiger partial charge in [0.15, 0.2) is 11.5 Å². The molecule has 6 nitrogen and oxygen atoms in total. The smallest absolute Gasteiger partial charge is 0.168 e. The van der Waals surface area contributed by atoms with Crippen LogP contribution in [0.3, 0.4) is 0 Å². The maximum atomic E-state index is 6.03. The molecule has 0 fully saturated rings. The molecule has 7 heteroatoms. The van der Waals surface area contributed by atoms with Crippen molar-refractivity contribution in [1.29, 1.82) is 0 Å². The van der Waals surface area contributed by atoms with E-state index in [-0.39, 0.29) is 5.54 Å². The summed E-state index contributed by atoms with van der Waals surface area (Å²) in [5, 5.41) is 6.35. The van der Waals surface area contributed by atoms with Crippen molar-refractivity contribution in [3.8, 4) is 11.3 Å². The summed E-state index contributed by atoms with van der Waals surface area (Å²) >= 11 is 6.03. The molecular weight excluding hydrogens is 336 g/mol. The van der Waals surface area contributed by atoms with Crippen molar-refractivity contribution in [2.45, 2.75) is 26.3 Å². The predicted octanol–water partition coefficient (Wildman–Crippen LogP) is 4.12. The van der Waals surface area contributed by atoms with E-state index in [1.807, 2.05) is 47.9 Å². The molecule has 2 heterocycles. The number of rotatable bonds is 3. The molecule has 0 atom stereocenters. The van der Waals surface area contributed by atoms with Crippen molar-refractivity contribution >= 4 is 34.8 Å². The number of aliphatic imine (C=N–C) groups is 1. The van der Waals surface area contributed by atoms with Crippen LogP contribution < -0.4 is 0 Å². The Morgan fingerprint density at radius 1 is 1.12 bits per heavy atom. The minimum atomic E-state index is -0.222. The van der Waals surface area contributed by atoms with Gasteiger partial charge in [-0.2, -0.15) is 5.10 Å². The molecule has 0 spiro atoms. The highest BCUT2D eigenvalue weighted by atomic mass is 35.5. The van der Waals surface area contributed by atoms with Crippen LogP contribution in [0.4, 0.5) is 5.82 Å². The Morgan fingerprint density at radius 3 is 2.40 bits per heavy atom. The third kappa shape index (κ3) is 3.49. The van der Waals surface area contributed by atoms with Crippen molar-refractivity contribution in [2.75, 3.05) is 14.1 Å². The standard InChI is InChI=1S/C18H21ClN6/c1-18(2,3)25-17-14(16(20-10-21-17)22-11-24(4)5)15(23-25)12-6-8-13(19)9-7-12/h6-11H,1-5H3/b22-11-. The van der Waals surface area contributed by atoms with Gasteiger partial charge in [0.25, 0.3) is 0 Å². The van der Waals surface area contributed by atoms with Crippen molar-refractivity contribution in [3.05, 3.63) is 35.6 Å². The molecule has 0 aliphatic carbocycles. The van der Waals surface area contributed by atoms with Crippen LogP contribution in [-0.4, -0.2) is 45.1 Å². The van der Waals surface area contributed by atoms with E-state index in [9.17, 15) is 0 Å². The molecule has 3 aromatic rings. The van der Waals surface area contributed by atoms with Gasteiger partial charge in [-0.3, -0.25) is 0 Å². The summed E-state index contributed by atoms with van der Waals surface area (Å²) in [6.07, 6.45) is 3.25. The van der Waals surface area contributed by atoms with Gasteiger partial charge >= 0.3 is 0 Å². The van der Waals surface area contributed by atoms with Crippen LogP contribution in [0.25, 0.3) is 22.3 Å². The first-order chi connectivity index (χ1) is 11.8. The maximum absolute atomic E-state index is 6.03. The Labute approximate surface area is 152 Å². The van der Waals surface area contributed by atoms with Gasteiger partial charge in [-0.15, -0.1) is 0 Å². The lowest BCUT2D eigenvalue weighted by Gasteiger charge is -2.19. The number of hydrogen-bond donors (Lipinski definition) is 0. The van der Waals surface area contributed by atoms with Gasteiger partial charge in [-0.1, -0.05) is 23.7 Å². The van der Waals surface area contributed by atoms with Gasteiger partial charge in [-0.25, -0.2) is 19.6 Å². The second kappa shape index (κ2) is 6.44. The van der Waals surface area contributed by atoms with Crippen molar-refractivity contribution in [1.82, 2.24) is 24.6 Å². The minimum absolute atomic E-state index is 0.222. The molecule has 2 aromatic heterocycles. The predicted molar refractivity (Wildman–Crippen MR) is 103 cm³/mol. The van der Waals surface area contributed by atoms with E-state index >= 15 is 0 Å². The molecule has 0 amide bonds. The van der Waals surface area contributed by atoms with Gasteiger partial charge < -0.3 is 4.90 Å². The van der Waals surface area contributed by atoms with E-state index in [2.05, 4.69) is 35.7 Å². The van der Waals surface area contributed by atoms with E-state index < -0.39 is 0 Å². The average molecular weight is 357 g/mol. The van der Waals surface area contributed by atoms with Crippen LogP contribution in [0, 0.1) is 0 Å². The molecule has 3 rings (SSSR count). The Balaban J connectivity index is 2.32. The van der Waals surface area contributed by atoms with Crippen molar-refractivity contribution in [2.24, 2.45) is 4.99 Å². The number of aromatic nitrogens is 4. The molecular formula is C18H21ClN6. The number of nitrogens with zero attached hydrogens (tertiary/aromatic N) is 6. The number of fused-ring (bicyclic) bond motifs is 1. The van der Waals surface area contributed by atoms with Crippen LogP contribution >= 0.6 is 11.6 Å². The summed E-state index contributed by atoms with van der Waals surface area (Å²) in [5.41, 5.74) is 2.29. The van der Waals surface area contributed by atoms with E-state index in [0.29, 0.717) is 10.8 Å². The summed E-state index contributed by atoms with van der Waals surface area (Å²) in [4.78, 5) is 15.2. The zero-order valence-electron chi connectivity index (χ0n) is 15.0. The fraction of sp³-hybridized carbons (Fsp3) is 0.333. The van der Waals surface area contributed by atoms with Crippen LogP contribution in [0.2, 0.25) is 5.02 Å². The molecule has 0 N–H and O–H groups in total. The Morgan fingerprint density at radius 2 is 1.80 bits per heavy atom. The van der Waals surface area contributed by atoms with E-state index in [0.717, 1.165) is 22.3 Å². The molecule has 0 unspecified atom stereocenters. The number of benzene rings is 1. The largest absolute Gasteiger partial charge is 0.369 e. The van der Waals surface area contributed by atoms with Gasteiger partial charge in [0.1, 0.15) is 12.0 Å². The van der Waals surface area contributed by atoms with Gasteiger partial charge in [0.05, 0.1) is 17.3 Å². The fourth-order valence-corrected chi connectivity index (χ4v) is 2.61. The van der Waals surface area contributed by atoms with E-state index in [1.54, 1.807) is 6.34 Å². The SMILES string of the molecule is CN(C)/C=N\c1ncnc2c1c(-c1ccc(Cl)cc1)nn2C(C)(C)C. The fourth-order valence-electron chi connectivity index (χ4n) is 2.48. The third-order valence-corrected chi connectivity index (χ3v) is 3.86. The molecule has 0 radical (unpaired) electrons. The molecule has 0 saturated carbocycles. The molecule has 130 valence electrons. The molecule has 0 aliphatic rings. The molecule has 0 saturated heterocycles. The highest BCUT2D eigenvalue weighted by Crippen LogP contribution is 2.35. The number of halogens is 1. The maximum Gasteiger partial charge on any atom is 0.168 e. The average Bonchev–Trinajstić information content (AvgIpc) is 2.94. The summed E-state index contributed by atoms with van der Waals surface area (Å²) in [7, 11) is 3.83. The van der Waals surface area contributed by atoms with Crippen molar-refractivity contribution in [3.63, 3.8) is 0 Å². The van der Waals surface area contributed by atoms with Gasteiger partial charge in [0.2, 0.25) is 0 Å². The third-order valence-electron chi connectivity index (χ3n) is 3.61. The molecule has 25 heavy (non-hydrogen) atoms. The summed E-state index contributed by atoms with van der Waals surface area (Å²) in [6.45, 7) is 6.28. The zero-order valence-corrected chi connectivity index (χ0v) is 15.8. The quantitative estimate of drug-likeness (QED) is 0.523. The van der Waals surface area contributed by atoms with Crippen LogP contribution in [0.1, 0.15) is 20.8 Å². The highest BCUT2D eigenvalue weighted by molar-refractivity contribution is 6.30. The Hall–Kier alpha value is -2.47. The number of hydrogen-bond acceptors (Lipinski definition) is 4. The second-order valence-corrected chi connectivity index (χ2v) is 7.48. The van der Waals surface area contributed by atoms with Gasteiger partial charge in [0, 0.05) is 24.7 Å². The highest BCUT2D eigenvalue weighted by Gasteiger charge is 2.24. The first kappa shape index (κ1) is 17.4. The minimum Gasteiger partial charge on any atom is -0.369 e.